The van der Waals surface area contributed by atoms with E-state index in [1.54, 1.807) is 12.1 Å². The maximum atomic E-state index is 12.5. The summed E-state index contributed by atoms with van der Waals surface area (Å²) in [6, 6.07) is 3.68. The van der Waals surface area contributed by atoms with Gasteiger partial charge in [-0.3, -0.25) is 4.79 Å². The summed E-state index contributed by atoms with van der Waals surface area (Å²) in [6.07, 6.45) is 3.26. The maximum absolute atomic E-state index is 12.5. The molecule has 0 radical (unpaired) electrons. The number of halogens is 1. The van der Waals surface area contributed by atoms with Gasteiger partial charge >= 0.3 is 0 Å². The normalized spacial score (nSPS) is 24.1. The SMILES string of the molecule is C[C@@H]1CCC[C@H](C)N1C(=O)c1cc(N)nc(Cl)c1. The molecule has 0 aliphatic carbocycles. The molecule has 2 heterocycles. The zero-order chi connectivity index (χ0) is 13.3. The van der Waals surface area contributed by atoms with Crippen molar-refractivity contribution in [3.63, 3.8) is 0 Å². The van der Waals surface area contributed by atoms with Gasteiger partial charge in [-0.1, -0.05) is 11.6 Å². The van der Waals surface area contributed by atoms with Gasteiger partial charge < -0.3 is 10.6 Å². The van der Waals surface area contributed by atoms with Crippen LogP contribution in [0.5, 0.6) is 0 Å². The molecule has 4 nitrogen and oxygen atoms in total. The lowest BCUT2D eigenvalue weighted by Crippen LogP contribution is -2.47. The van der Waals surface area contributed by atoms with Crippen molar-refractivity contribution in [2.24, 2.45) is 0 Å². The number of pyridine rings is 1. The highest BCUT2D eigenvalue weighted by atomic mass is 35.5. The predicted octanol–water partition coefficient (Wildman–Crippen LogP) is 2.72. The molecule has 1 aromatic heterocycles. The molecule has 1 aliphatic heterocycles. The van der Waals surface area contributed by atoms with E-state index in [1.807, 2.05) is 4.90 Å². The third-order valence-corrected chi connectivity index (χ3v) is 3.68. The highest BCUT2D eigenvalue weighted by molar-refractivity contribution is 6.29. The molecular weight excluding hydrogens is 250 g/mol. The van der Waals surface area contributed by atoms with Crippen LogP contribution in [0.15, 0.2) is 12.1 Å². The molecule has 0 aromatic carbocycles. The molecule has 1 aliphatic rings. The van der Waals surface area contributed by atoms with Crippen LogP contribution in [0.3, 0.4) is 0 Å². The topological polar surface area (TPSA) is 59.2 Å². The lowest BCUT2D eigenvalue weighted by molar-refractivity contribution is 0.0510. The van der Waals surface area contributed by atoms with E-state index in [0.717, 1.165) is 12.8 Å². The minimum Gasteiger partial charge on any atom is -0.384 e. The van der Waals surface area contributed by atoms with E-state index in [1.165, 1.54) is 6.42 Å². The Hall–Kier alpha value is -1.29. The number of likely N-dealkylation sites (tertiary alicyclic amines) is 1. The number of nitrogen functional groups attached to an aromatic ring is 1. The number of nitrogens with two attached hydrogens (primary N) is 1. The fourth-order valence-corrected chi connectivity index (χ4v) is 2.83. The van der Waals surface area contributed by atoms with Crippen LogP contribution in [0.2, 0.25) is 5.15 Å². The Morgan fingerprint density at radius 2 is 2.00 bits per heavy atom. The second-order valence-electron chi connectivity index (χ2n) is 4.94. The molecule has 1 aromatic rings. The monoisotopic (exact) mass is 267 g/mol. The van der Waals surface area contributed by atoms with Crippen LogP contribution >= 0.6 is 11.6 Å². The summed E-state index contributed by atoms with van der Waals surface area (Å²) in [5.41, 5.74) is 6.15. The number of amides is 1. The van der Waals surface area contributed by atoms with Gasteiger partial charge in [0.05, 0.1) is 0 Å². The zero-order valence-corrected chi connectivity index (χ0v) is 11.4. The van der Waals surface area contributed by atoms with Crippen molar-refractivity contribution in [2.75, 3.05) is 5.73 Å². The van der Waals surface area contributed by atoms with Crippen LogP contribution in [-0.2, 0) is 0 Å². The standard InChI is InChI=1S/C13H18ClN3O/c1-8-4-3-5-9(2)17(8)13(18)10-6-11(14)16-12(15)7-10/h6-9H,3-5H2,1-2H3,(H2,15,16)/t8-,9+. The van der Waals surface area contributed by atoms with Crippen LogP contribution in [-0.4, -0.2) is 27.9 Å². The quantitative estimate of drug-likeness (QED) is 0.796. The Labute approximate surface area is 112 Å². The first-order valence-electron chi connectivity index (χ1n) is 6.24. The van der Waals surface area contributed by atoms with Gasteiger partial charge in [-0.25, -0.2) is 4.98 Å². The van der Waals surface area contributed by atoms with Gasteiger partial charge in [0.1, 0.15) is 11.0 Å². The average Bonchev–Trinajstić information content (AvgIpc) is 2.27. The number of hydrogen-bond acceptors (Lipinski definition) is 3. The molecule has 0 spiro atoms. The summed E-state index contributed by atoms with van der Waals surface area (Å²) in [7, 11) is 0. The minimum atomic E-state index is -0.00861. The highest BCUT2D eigenvalue weighted by Crippen LogP contribution is 2.25. The summed E-state index contributed by atoms with van der Waals surface area (Å²) in [5.74, 6) is 0.272. The predicted molar refractivity (Wildman–Crippen MR) is 72.6 cm³/mol. The second-order valence-corrected chi connectivity index (χ2v) is 5.33. The van der Waals surface area contributed by atoms with E-state index >= 15 is 0 Å². The van der Waals surface area contributed by atoms with Crippen molar-refractivity contribution in [3.8, 4) is 0 Å². The van der Waals surface area contributed by atoms with Crippen molar-refractivity contribution in [2.45, 2.75) is 45.2 Å². The summed E-state index contributed by atoms with van der Waals surface area (Å²) in [6.45, 7) is 4.17. The number of nitrogens with zero attached hydrogens (tertiary/aromatic N) is 2. The Bertz CT molecular complexity index is 433. The third kappa shape index (κ3) is 2.58. The first-order chi connectivity index (χ1) is 8.49. The maximum Gasteiger partial charge on any atom is 0.254 e. The van der Waals surface area contributed by atoms with E-state index < -0.39 is 0 Å². The Morgan fingerprint density at radius 3 is 2.56 bits per heavy atom. The van der Waals surface area contributed by atoms with Crippen molar-refractivity contribution in [1.82, 2.24) is 9.88 Å². The van der Waals surface area contributed by atoms with E-state index in [4.69, 9.17) is 17.3 Å². The molecular formula is C13H18ClN3O. The van der Waals surface area contributed by atoms with E-state index in [0.29, 0.717) is 5.56 Å². The largest absolute Gasteiger partial charge is 0.384 e. The smallest absolute Gasteiger partial charge is 0.254 e. The van der Waals surface area contributed by atoms with Gasteiger partial charge in [0.15, 0.2) is 0 Å². The van der Waals surface area contributed by atoms with E-state index in [9.17, 15) is 4.79 Å². The molecule has 1 amide bonds. The first-order valence-corrected chi connectivity index (χ1v) is 6.62. The van der Waals surface area contributed by atoms with Crippen molar-refractivity contribution >= 4 is 23.3 Å². The number of piperidine rings is 1. The lowest BCUT2D eigenvalue weighted by Gasteiger charge is -2.39. The van der Waals surface area contributed by atoms with Gasteiger partial charge in [-0.2, -0.15) is 0 Å². The number of anilines is 1. The molecule has 2 N–H and O–H groups in total. The zero-order valence-electron chi connectivity index (χ0n) is 10.7. The molecule has 0 saturated carbocycles. The third-order valence-electron chi connectivity index (χ3n) is 3.49. The van der Waals surface area contributed by atoms with Gasteiger partial charge in [-0.05, 0) is 45.2 Å². The molecule has 98 valence electrons. The number of rotatable bonds is 1. The number of aromatic nitrogens is 1. The molecule has 2 rings (SSSR count). The van der Waals surface area contributed by atoms with Gasteiger partial charge in [-0.15, -0.1) is 0 Å². The van der Waals surface area contributed by atoms with Crippen molar-refractivity contribution < 1.29 is 4.79 Å². The van der Waals surface area contributed by atoms with Gasteiger partial charge in [0, 0.05) is 17.6 Å². The second kappa shape index (κ2) is 5.14. The summed E-state index contributed by atoms with van der Waals surface area (Å²) in [4.78, 5) is 18.3. The lowest BCUT2D eigenvalue weighted by atomic mass is 9.96. The van der Waals surface area contributed by atoms with E-state index in [2.05, 4.69) is 18.8 Å². The fraction of sp³-hybridized carbons (Fsp3) is 0.538. The number of carbonyl (C=O) groups is 1. The minimum absolute atomic E-state index is 0.00861. The van der Waals surface area contributed by atoms with Gasteiger partial charge in [0.2, 0.25) is 0 Å². The molecule has 0 unspecified atom stereocenters. The van der Waals surface area contributed by atoms with Crippen LogP contribution in [0.1, 0.15) is 43.5 Å². The molecule has 1 fully saturated rings. The highest BCUT2D eigenvalue weighted by Gasteiger charge is 2.29. The van der Waals surface area contributed by atoms with Crippen molar-refractivity contribution in [3.05, 3.63) is 22.8 Å². The van der Waals surface area contributed by atoms with E-state index in [-0.39, 0.29) is 29.0 Å². The van der Waals surface area contributed by atoms with Gasteiger partial charge in [0.25, 0.3) is 5.91 Å². The van der Waals surface area contributed by atoms with Crippen LogP contribution in [0.4, 0.5) is 5.82 Å². The Balaban J connectivity index is 2.29. The molecule has 0 bridgehead atoms. The fourth-order valence-electron chi connectivity index (χ4n) is 2.61. The van der Waals surface area contributed by atoms with Crippen LogP contribution in [0.25, 0.3) is 0 Å². The van der Waals surface area contributed by atoms with Crippen molar-refractivity contribution in [1.29, 1.82) is 0 Å². The number of carbonyl (C=O) groups excluding carboxylic acids is 1. The number of hydrogen-bond donors (Lipinski definition) is 1. The molecule has 5 heteroatoms. The summed E-state index contributed by atoms with van der Waals surface area (Å²) in [5, 5.41) is 0.260. The van der Waals surface area contributed by atoms with Crippen LogP contribution in [0, 0.1) is 0 Å². The molecule has 2 atom stereocenters. The van der Waals surface area contributed by atoms with Crippen LogP contribution < -0.4 is 5.73 Å². The Kier molecular flexibility index (Phi) is 3.76. The summed E-state index contributed by atoms with van der Waals surface area (Å²) < 4.78 is 0. The Morgan fingerprint density at radius 1 is 1.39 bits per heavy atom. The summed E-state index contributed by atoms with van der Waals surface area (Å²) >= 11 is 5.84. The first kappa shape index (κ1) is 13.1. The molecule has 18 heavy (non-hydrogen) atoms. The molecule has 1 saturated heterocycles. The average molecular weight is 268 g/mol.